The predicted molar refractivity (Wildman–Crippen MR) is 101 cm³/mol. The second-order valence-electron chi connectivity index (χ2n) is 5.73. The molecule has 128 valence electrons. The molecule has 0 amide bonds. The summed E-state index contributed by atoms with van der Waals surface area (Å²) in [6.45, 7) is 3.02. The van der Waals surface area contributed by atoms with Crippen molar-refractivity contribution in [1.82, 2.24) is 10.6 Å². The highest BCUT2D eigenvalue weighted by Crippen LogP contribution is 2.12. The third kappa shape index (κ3) is 5.61. The van der Waals surface area contributed by atoms with Crippen molar-refractivity contribution < 1.29 is 4.74 Å². The van der Waals surface area contributed by atoms with E-state index in [4.69, 9.17) is 4.74 Å². The minimum Gasteiger partial charge on any atom is -0.497 e. The predicted octanol–water partition coefficient (Wildman–Crippen LogP) is 3.55. The molecule has 4 heteroatoms. The molecule has 1 unspecified atom stereocenters. The van der Waals surface area contributed by atoms with Crippen molar-refractivity contribution in [2.45, 2.75) is 25.8 Å². The Bertz CT molecular complexity index is 623. The second-order valence-corrected chi connectivity index (χ2v) is 5.73. The number of nitrogens with zero attached hydrogens (tertiary/aromatic N) is 1. The summed E-state index contributed by atoms with van der Waals surface area (Å²) in [7, 11) is 3.49. The number of benzene rings is 2. The van der Waals surface area contributed by atoms with Gasteiger partial charge in [-0.05, 0) is 43.0 Å². The molecule has 0 saturated heterocycles. The Labute approximate surface area is 145 Å². The third-order valence-electron chi connectivity index (χ3n) is 3.97. The van der Waals surface area contributed by atoms with Crippen molar-refractivity contribution in [1.29, 1.82) is 0 Å². The number of aliphatic imine (C=N–C) groups is 1. The Morgan fingerprint density at radius 2 is 1.79 bits per heavy atom. The molecular weight excluding hydrogens is 298 g/mol. The molecule has 2 N–H and O–H groups in total. The van der Waals surface area contributed by atoms with Crippen molar-refractivity contribution >= 4 is 5.96 Å². The summed E-state index contributed by atoms with van der Waals surface area (Å²) in [4.78, 5) is 4.30. The molecule has 0 aromatic heterocycles. The summed E-state index contributed by atoms with van der Waals surface area (Å²) >= 11 is 0. The van der Waals surface area contributed by atoms with E-state index in [9.17, 15) is 0 Å². The van der Waals surface area contributed by atoms with Crippen LogP contribution in [0.5, 0.6) is 5.75 Å². The van der Waals surface area contributed by atoms with E-state index in [1.165, 1.54) is 11.1 Å². The summed E-state index contributed by atoms with van der Waals surface area (Å²) in [5.74, 6) is 1.73. The van der Waals surface area contributed by atoms with Crippen LogP contribution in [0.25, 0.3) is 0 Å². The van der Waals surface area contributed by atoms with Crippen molar-refractivity contribution in [3.05, 3.63) is 65.7 Å². The number of ether oxygens (including phenoxy) is 1. The zero-order chi connectivity index (χ0) is 17.2. The molecule has 0 saturated carbocycles. The van der Waals surface area contributed by atoms with Crippen molar-refractivity contribution in [3.63, 3.8) is 0 Å². The van der Waals surface area contributed by atoms with Crippen molar-refractivity contribution in [3.8, 4) is 5.75 Å². The van der Waals surface area contributed by atoms with E-state index in [0.717, 1.165) is 31.1 Å². The van der Waals surface area contributed by atoms with Crippen LogP contribution in [0.2, 0.25) is 0 Å². The molecule has 0 aliphatic carbocycles. The maximum atomic E-state index is 5.18. The monoisotopic (exact) mass is 325 g/mol. The van der Waals surface area contributed by atoms with Gasteiger partial charge in [0.05, 0.1) is 13.2 Å². The molecule has 2 aromatic carbocycles. The number of guanidine groups is 1. The van der Waals surface area contributed by atoms with E-state index < -0.39 is 0 Å². The highest BCUT2D eigenvalue weighted by atomic mass is 16.5. The first kappa shape index (κ1) is 17.9. The van der Waals surface area contributed by atoms with Gasteiger partial charge in [0.1, 0.15) is 5.75 Å². The van der Waals surface area contributed by atoms with Crippen LogP contribution in [0.4, 0.5) is 0 Å². The lowest BCUT2D eigenvalue weighted by atomic mass is 10.1. The van der Waals surface area contributed by atoms with Gasteiger partial charge in [-0.25, -0.2) is 0 Å². The second kappa shape index (κ2) is 9.60. The Kier molecular flexibility index (Phi) is 7.15. The number of rotatable bonds is 7. The third-order valence-corrected chi connectivity index (χ3v) is 3.97. The Balaban J connectivity index is 1.73. The van der Waals surface area contributed by atoms with E-state index in [1.54, 1.807) is 14.2 Å². The normalized spacial score (nSPS) is 12.5. The molecule has 2 rings (SSSR count). The number of aryl methyl sites for hydroxylation is 1. The van der Waals surface area contributed by atoms with Gasteiger partial charge >= 0.3 is 0 Å². The van der Waals surface area contributed by atoms with Gasteiger partial charge in [0, 0.05) is 13.6 Å². The number of hydrogen-bond acceptors (Lipinski definition) is 2. The van der Waals surface area contributed by atoms with Crippen LogP contribution in [-0.2, 0) is 6.42 Å². The average molecular weight is 325 g/mol. The smallest absolute Gasteiger partial charge is 0.191 e. The van der Waals surface area contributed by atoms with Crippen LogP contribution in [0.3, 0.4) is 0 Å². The van der Waals surface area contributed by atoms with Crippen LogP contribution >= 0.6 is 0 Å². The molecule has 0 radical (unpaired) electrons. The first-order valence-corrected chi connectivity index (χ1v) is 8.38. The Morgan fingerprint density at radius 1 is 1.08 bits per heavy atom. The van der Waals surface area contributed by atoms with Crippen LogP contribution in [-0.4, -0.2) is 26.7 Å². The minimum absolute atomic E-state index is 0.221. The van der Waals surface area contributed by atoms with E-state index in [-0.39, 0.29) is 6.04 Å². The van der Waals surface area contributed by atoms with Gasteiger partial charge in [-0.15, -0.1) is 0 Å². The fourth-order valence-electron chi connectivity index (χ4n) is 2.52. The lowest BCUT2D eigenvalue weighted by Gasteiger charge is -2.18. The lowest BCUT2D eigenvalue weighted by molar-refractivity contribution is 0.414. The minimum atomic E-state index is 0.221. The van der Waals surface area contributed by atoms with Gasteiger partial charge in [-0.2, -0.15) is 0 Å². The average Bonchev–Trinajstić information content (AvgIpc) is 2.65. The maximum Gasteiger partial charge on any atom is 0.191 e. The molecule has 2 aromatic rings. The SMILES string of the molecule is CN=C(NCCCc1ccc(OC)cc1)NC(C)c1ccccc1. The van der Waals surface area contributed by atoms with E-state index in [0.29, 0.717) is 0 Å². The van der Waals surface area contributed by atoms with E-state index in [2.05, 4.69) is 58.9 Å². The highest BCUT2D eigenvalue weighted by molar-refractivity contribution is 5.80. The number of methoxy groups -OCH3 is 1. The maximum absolute atomic E-state index is 5.18. The molecule has 0 bridgehead atoms. The molecule has 0 aliphatic heterocycles. The van der Waals surface area contributed by atoms with Gasteiger partial charge in [-0.1, -0.05) is 42.5 Å². The summed E-state index contributed by atoms with van der Waals surface area (Å²) in [6, 6.07) is 18.8. The zero-order valence-electron chi connectivity index (χ0n) is 14.8. The van der Waals surface area contributed by atoms with E-state index in [1.807, 2.05) is 18.2 Å². The van der Waals surface area contributed by atoms with Gasteiger partial charge in [0.2, 0.25) is 0 Å². The molecule has 0 aliphatic rings. The van der Waals surface area contributed by atoms with E-state index >= 15 is 0 Å². The first-order chi connectivity index (χ1) is 11.7. The fourth-order valence-corrected chi connectivity index (χ4v) is 2.52. The molecular formula is C20H27N3O. The largest absolute Gasteiger partial charge is 0.497 e. The summed E-state index contributed by atoms with van der Waals surface area (Å²) < 4.78 is 5.18. The van der Waals surface area contributed by atoms with Gasteiger partial charge in [-0.3, -0.25) is 4.99 Å². The van der Waals surface area contributed by atoms with Gasteiger partial charge < -0.3 is 15.4 Å². The van der Waals surface area contributed by atoms with Crippen molar-refractivity contribution in [2.24, 2.45) is 4.99 Å². The summed E-state index contributed by atoms with van der Waals surface area (Å²) in [6.07, 6.45) is 2.08. The first-order valence-electron chi connectivity index (χ1n) is 8.38. The number of hydrogen-bond donors (Lipinski definition) is 2. The standard InChI is InChI=1S/C20H27N3O/c1-16(18-9-5-4-6-10-18)23-20(21-2)22-15-7-8-17-11-13-19(24-3)14-12-17/h4-6,9-14,16H,7-8,15H2,1-3H3,(H2,21,22,23). The molecule has 24 heavy (non-hydrogen) atoms. The van der Waals surface area contributed by atoms with Crippen LogP contribution in [0.15, 0.2) is 59.6 Å². The molecule has 0 spiro atoms. The Hall–Kier alpha value is -2.49. The zero-order valence-corrected chi connectivity index (χ0v) is 14.8. The van der Waals surface area contributed by atoms with Gasteiger partial charge in [0.15, 0.2) is 5.96 Å². The number of nitrogens with one attached hydrogen (secondary N) is 2. The van der Waals surface area contributed by atoms with Gasteiger partial charge in [0.25, 0.3) is 0 Å². The topological polar surface area (TPSA) is 45.7 Å². The summed E-state index contributed by atoms with van der Waals surface area (Å²) in [5.41, 5.74) is 2.57. The van der Waals surface area contributed by atoms with Crippen LogP contribution in [0.1, 0.15) is 30.5 Å². The molecule has 1 atom stereocenters. The molecule has 4 nitrogen and oxygen atoms in total. The molecule has 0 heterocycles. The molecule has 0 fully saturated rings. The highest BCUT2D eigenvalue weighted by Gasteiger charge is 2.06. The lowest BCUT2D eigenvalue weighted by Crippen LogP contribution is -2.39. The summed E-state index contributed by atoms with van der Waals surface area (Å²) in [5, 5.41) is 6.80. The quantitative estimate of drug-likeness (QED) is 0.465. The van der Waals surface area contributed by atoms with Crippen LogP contribution in [0, 0.1) is 0 Å². The fraction of sp³-hybridized carbons (Fsp3) is 0.350. The van der Waals surface area contributed by atoms with Crippen molar-refractivity contribution in [2.75, 3.05) is 20.7 Å². The van der Waals surface area contributed by atoms with Crippen LogP contribution < -0.4 is 15.4 Å². The Morgan fingerprint density at radius 3 is 2.42 bits per heavy atom.